The maximum absolute atomic E-state index is 12.6. The van der Waals surface area contributed by atoms with E-state index in [9.17, 15) is 13.2 Å². The molecule has 0 amide bonds. The van der Waals surface area contributed by atoms with Crippen LogP contribution in [0.25, 0.3) is 11.5 Å². The molecule has 34 heavy (non-hydrogen) atoms. The lowest BCUT2D eigenvalue weighted by Gasteiger charge is -2.25. The molecule has 3 rings (SSSR count). The molecule has 1 N–H and O–H groups in total. The summed E-state index contributed by atoms with van der Waals surface area (Å²) in [5.74, 6) is -0.0177. The van der Waals surface area contributed by atoms with Crippen molar-refractivity contribution in [2.24, 2.45) is 0 Å². The number of hydrogen-bond donors (Lipinski definition) is 1. The summed E-state index contributed by atoms with van der Waals surface area (Å²) in [6, 6.07) is 13.0. The number of aliphatic carboxylic acids is 1. The highest BCUT2D eigenvalue weighted by molar-refractivity contribution is 7.86. The number of rotatable bonds is 11. The van der Waals surface area contributed by atoms with Gasteiger partial charge in [-0.2, -0.15) is 17.0 Å². The Hall–Kier alpha value is -3.21. The molecule has 9 nitrogen and oxygen atoms in total. The molecule has 0 radical (unpaired) electrons. The van der Waals surface area contributed by atoms with E-state index in [0.717, 1.165) is 19.7 Å². The Bertz CT molecular complexity index is 1250. The van der Waals surface area contributed by atoms with Crippen LogP contribution in [0.3, 0.4) is 0 Å². The highest BCUT2D eigenvalue weighted by Gasteiger charge is 2.25. The fourth-order valence-corrected chi connectivity index (χ4v) is 4.30. The van der Waals surface area contributed by atoms with Gasteiger partial charge in [0.2, 0.25) is 5.89 Å². The molecule has 0 saturated carbocycles. The van der Waals surface area contributed by atoms with Crippen LogP contribution in [-0.4, -0.2) is 53.7 Å². The van der Waals surface area contributed by atoms with E-state index in [1.165, 1.54) is 19.7 Å². The van der Waals surface area contributed by atoms with Crippen LogP contribution in [0.15, 0.2) is 53.1 Å². The lowest BCUT2D eigenvalue weighted by Crippen LogP contribution is -2.40. The minimum absolute atomic E-state index is 0.0197. The van der Waals surface area contributed by atoms with Crippen LogP contribution < -0.4 is 4.74 Å². The molecule has 0 fully saturated rings. The standard InChI is InChI=1S/C24H29N3O6S/c1-17-8-9-20(12-18(17)2)24-25-21(16-33-24)15-32-22-7-5-6-19(13-22)14-27(11-10-23(28)29)34(30,31)26(3)4/h5-9,12-13,16H,10-11,14-15H2,1-4H3,(H,28,29). The van der Waals surface area contributed by atoms with Gasteiger partial charge in [-0.1, -0.05) is 18.2 Å². The van der Waals surface area contributed by atoms with E-state index in [4.69, 9.17) is 14.3 Å². The van der Waals surface area contributed by atoms with Crippen molar-refractivity contribution in [3.8, 4) is 17.2 Å². The van der Waals surface area contributed by atoms with Crippen LogP contribution in [0.1, 0.15) is 28.8 Å². The molecule has 182 valence electrons. The molecule has 0 bridgehead atoms. The number of aromatic nitrogens is 1. The highest BCUT2D eigenvalue weighted by atomic mass is 32.2. The van der Waals surface area contributed by atoms with Gasteiger partial charge in [0.25, 0.3) is 10.2 Å². The molecule has 0 unspecified atom stereocenters. The van der Waals surface area contributed by atoms with Crippen molar-refractivity contribution in [1.82, 2.24) is 13.6 Å². The normalized spacial score (nSPS) is 11.8. The molecule has 1 heterocycles. The first-order valence-corrected chi connectivity index (χ1v) is 12.1. The van der Waals surface area contributed by atoms with Crippen molar-refractivity contribution < 1.29 is 27.5 Å². The van der Waals surface area contributed by atoms with Crippen molar-refractivity contribution in [3.05, 3.63) is 71.1 Å². The Morgan fingerprint density at radius 1 is 1.12 bits per heavy atom. The fraction of sp³-hybridized carbons (Fsp3) is 0.333. The first-order valence-electron chi connectivity index (χ1n) is 10.7. The summed E-state index contributed by atoms with van der Waals surface area (Å²) < 4.78 is 38.9. The average Bonchev–Trinajstić information content (AvgIpc) is 3.26. The number of carboxylic acids is 1. The molecule has 1 aromatic heterocycles. The summed E-state index contributed by atoms with van der Waals surface area (Å²) in [6.07, 6.45) is 1.25. The van der Waals surface area contributed by atoms with Crippen molar-refractivity contribution in [2.75, 3.05) is 20.6 Å². The van der Waals surface area contributed by atoms with Gasteiger partial charge in [0.1, 0.15) is 24.3 Å². The predicted octanol–water partition coefficient (Wildman–Crippen LogP) is 3.62. The molecule has 0 saturated heterocycles. The maximum Gasteiger partial charge on any atom is 0.304 e. The zero-order valence-corrected chi connectivity index (χ0v) is 20.5. The van der Waals surface area contributed by atoms with Crippen LogP contribution in [0.4, 0.5) is 0 Å². The van der Waals surface area contributed by atoms with E-state index in [-0.39, 0.29) is 26.1 Å². The summed E-state index contributed by atoms with van der Waals surface area (Å²) in [5, 5.41) is 8.99. The predicted molar refractivity (Wildman–Crippen MR) is 127 cm³/mol. The van der Waals surface area contributed by atoms with E-state index in [2.05, 4.69) is 4.98 Å². The minimum Gasteiger partial charge on any atom is -0.487 e. The van der Waals surface area contributed by atoms with E-state index < -0.39 is 16.2 Å². The number of hydrogen-bond acceptors (Lipinski definition) is 6. The van der Waals surface area contributed by atoms with Crippen molar-refractivity contribution in [1.29, 1.82) is 0 Å². The van der Waals surface area contributed by atoms with Gasteiger partial charge in [0.15, 0.2) is 0 Å². The summed E-state index contributed by atoms with van der Waals surface area (Å²) in [4.78, 5) is 15.5. The molecule has 2 aromatic carbocycles. The Morgan fingerprint density at radius 3 is 2.56 bits per heavy atom. The quantitative estimate of drug-likeness (QED) is 0.439. The van der Waals surface area contributed by atoms with Gasteiger partial charge in [-0.15, -0.1) is 0 Å². The second-order valence-corrected chi connectivity index (χ2v) is 10.3. The Kier molecular flexibility index (Phi) is 8.08. The SMILES string of the molecule is Cc1ccc(-c2nc(COc3cccc(CN(CCC(=O)O)S(=O)(=O)N(C)C)c3)co2)cc1C. The first-order chi connectivity index (χ1) is 16.1. The Balaban J connectivity index is 1.68. The number of aryl methyl sites for hydroxylation is 2. The van der Waals surface area contributed by atoms with Crippen molar-refractivity contribution in [2.45, 2.75) is 33.4 Å². The van der Waals surface area contributed by atoms with Crippen molar-refractivity contribution >= 4 is 16.2 Å². The minimum atomic E-state index is -3.79. The molecular weight excluding hydrogens is 458 g/mol. The second-order valence-electron chi connectivity index (χ2n) is 8.15. The van der Waals surface area contributed by atoms with Crippen LogP contribution >= 0.6 is 0 Å². The van der Waals surface area contributed by atoms with Gasteiger partial charge in [-0.05, 0) is 54.8 Å². The van der Waals surface area contributed by atoms with Gasteiger partial charge >= 0.3 is 5.97 Å². The number of carbonyl (C=O) groups is 1. The van der Waals surface area contributed by atoms with E-state index in [1.807, 2.05) is 32.0 Å². The second kappa shape index (κ2) is 10.8. The molecular formula is C24H29N3O6S. The number of nitrogens with zero attached hydrogens (tertiary/aromatic N) is 3. The van der Waals surface area contributed by atoms with Crippen LogP contribution in [0.2, 0.25) is 0 Å². The molecule has 0 aliphatic carbocycles. The Morgan fingerprint density at radius 2 is 1.88 bits per heavy atom. The fourth-order valence-electron chi connectivity index (χ4n) is 3.20. The van der Waals surface area contributed by atoms with Gasteiger partial charge < -0.3 is 14.3 Å². The largest absolute Gasteiger partial charge is 0.487 e. The van der Waals surface area contributed by atoms with E-state index in [1.54, 1.807) is 30.5 Å². The maximum atomic E-state index is 12.6. The lowest BCUT2D eigenvalue weighted by molar-refractivity contribution is -0.137. The van der Waals surface area contributed by atoms with Gasteiger partial charge in [0, 0.05) is 32.7 Å². The van der Waals surface area contributed by atoms with Gasteiger partial charge in [-0.25, -0.2) is 4.98 Å². The van der Waals surface area contributed by atoms with Gasteiger partial charge in [-0.3, -0.25) is 4.79 Å². The third-order valence-electron chi connectivity index (χ3n) is 5.31. The molecule has 3 aromatic rings. The van der Waals surface area contributed by atoms with Crippen molar-refractivity contribution in [3.63, 3.8) is 0 Å². The smallest absolute Gasteiger partial charge is 0.304 e. The third-order valence-corrected chi connectivity index (χ3v) is 7.20. The summed E-state index contributed by atoms with van der Waals surface area (Å²) >= 11 is 0. The molecule has 0 spiro atoms. The molecule has 0 aliphatic rings. The van der Waals surface area contributed by atoms with E-state index in [0.29, 0.717) is 22.9 Å². The van der Waals surface area contributed by atoms with Crippen LogP contribution in [0.5, 0.6) is 5.75 Å². The third kappa shape index (κ3) is 6.43. The topological polar surface area (TPSA) is 113 Å². The summed E-state index contributed by atoms with van der Waals surface area (Å²) in [6.45, 7) is 4.14. The average molecular weight is 488 g/mol. The van der Waals surface area contributed by atoms with E-state index >= 15 is 0 Å². The monoisotopic (exact) mass is 487 g/mol. The van der Waals surface area contributed by atoms with Crippen LogP contribution in [0, 0.1) is 13.8 Å². The number of carboxylic acid groups (broad SMARTS) is 1. The highest BCUT2D eigenvalue weighted by Crippen LogP contribution is 2.23. The summed E-state index contributed by atoms with van der Waals surface area (Å²) in [7, 11) is -0.971. The molecule has 0 atom stereocenters. The lowest BCUT2D eigenvalue weighted by atomic mass is 10.1. The number of oxazole rings is 1. The molecule has 10 heteroatoms. The zero-order chi connectivity index (χ0) is 24.9. The number of ether oxygens (including phenoxy) is 1. The Labute approximate surface area is 199 Å². The first kappa shape index (κ1) is 25.4. The van der Waals surface area contributed by atoms with Gasteiger partial charge in [0.05, 0.1) is 6.42 Å². The summed E-state index contributed by atoms with van der Waals surface area (Å²) in [5.41, 5.74) is 4.53. The van der Waals surface area contributed by atoms with Crippen LogP contribution in [-0.2, 0) is 28.2 Å². The zero-order valence-electron chi connectivity index (χ0n) is 19.7. The molecule has 0 aliphatic heterocycles. The number of benzene rings is 2.